The molecule has 2 N–H and O–H groups in total. The second-order valence-corrected chi connectivity index (χ2v) is 3.07. The van der Waals surface area contributed by atoms with Crippen molar-refractivity contribution in [3.63, 3.8) is 0 Å². The van der Waals surface area contributed by atoms with E-state index in [1.54, 1.807) is 0 Å². The topological polar surface area (TPSA) is 49.9 Å². The standard InChI is InChI=1S/C9H13N3O/c1-10-9(7-2-3-13-6-7)8-4-11-12-5-8/h4-6,9-10H,2-3H2,1H3,(H,11,12). The largest absolute Gasteiger partial charge is 0.501 e. The monoisotopic (exact) mass is 179 g/mol. The number of nitrogens with one attached hydrogen (secondary N) is 2. The molecular formula is C9H13N3O. The third-order valence-electron chi connectivity index (χ3n) is 2.26. The second-order valence-electron chi connectivity index (χ2n) is 3.07. The smallest absolute Gasteiger partial charge is 0.0912 e. The molecule has 2 rings (SSSR count). The van der Waals surface area contributed by atoms with Gasteiger partial charge in [-0.1, -0.05) is 0 Å². The molecule has 1 aromatic heterocycles. The van der Waals surface area contributed by atoms with E-state index < -0.39 is 0 Å². The van der Waals surface area contributed by atoms with Gasteiger partial charge in [0.2, 0.25) is 0 Å². The van der Waals surface area contributed by atoms with Crippen LogP contribution in [0.15, 0.2) is 24.2 Å². The molecule has 1 unspecified atom stereocenters. The average molecular weight is 179 g/mol. The van der Waals surface area contributed by atoms with Crippen molar-refractivity contribution in [1.29, 1.82) is 0 Å². The number of rotatable bonds is 3. The maximum Gasteiger partial charge on any atom is 0.0912 e. The van der Waals surface area contributed by atoms with Gasteiger partial charge < -0.3 is 10.1 Å². The normalized spacial score (nSPS) is 18.1. The summed E-state index contributed by atoms with van der Waals surface area (Å²) < 4.78 is 5.21. The summed E-state index contributed by atoms with van der Waals surface area (Å²) in [5.74, 6) is 0. The van der Waals surface area contributed by atoms with Crippen LogP contribution < -0.4 is 5.32 Å². The molecule has 0 saturated heterocycles. The lowest BCUT2D eigenvalue weighted by molar-refractivity contribution is 0.281. The number of aromatic nitrogens is 2. The molecular weight excluding hydrogens is 166 g/mol. The van der Waals surface area contributed by atoms with E-state index >= 15 is 0 Å². The Kier molecular flexibility index (Phi) is 2.31. The van der Waals surface area contributed by atoms with Gasteiger partial charge in [-0.2, -0.15) is 5.10 Å². The Balaban J connectivity index is 2.18. The Morgan fingerprint density at radius 3 is 3.15 bits per heavy atom. The van der Waals surface area contributed by atoms with Crippen molar-refractivity contribution in [2.24, 2.45) is 0 Å². The molecule has 4 nitrogen and oxygen atoms in total. The second kappa shape index (κ2) is 3.62. The van der Waals surface area contributed by atoms with Crippen LogP contribution in [0.1, 0.15) is 18.0 Å². The Hall–Kier alpha value is -1.29. The van der Waals surface area contributed by atoms with Crippen molar-refractivity contribution in [2.45, 2.75) is 12.5 Å². The predicted octanol–water partition coefficient (Wildman–Crippen LogP) is 0.974. The van der Waals surface area contributed by atoms with Gasteiger partial charge in [-0.05, 0) is 12.6 Å². The summed E-state index contributed by atoms with van der Waals surface area (Å²) in [5, 5.41) is 9.98. The first-order valence-electron chi connectivity index (χ1n) is 4.38. The number of hydrogen-bond donors (Lipinski definition) is 2. The lowest BCUT2D eigenvalue weighted by Crippen LogP contribution is -2.17. The van der Waals surface area contributed by atoms with Crippen LogP contribution in [0.3, 0.4) is 0 Å². The Morgan fingerprint density at radius 2 is 2.62 bits per heavy atom. The molecule has 70 valence electrons. The Bertz CT molecular complexity index is 292. The van der Waals surface area contributed by atoms with Gasteiger partial charge in [0.1, 0.15) is 0 Å². The van der Waals surface area contributed by atoms with Gasteiger partial charge in [0.05, 0.1) is 25.1 Å². The first kappa shape index (κ1) is 8.31. The van der Waals surface area contributed by atoms with E-state index in [1.165, 1.54) is 5.57 Å². The SMILES string of the molecule is CNC(C1=COCC1)c1cn[nH]c1. The van der Waals surface area contributed by atoms with Gasteiger partial charge in [-0.15, -0.1) is 0 Å². The highest BCUT2D eigenvalue weighted by Gasteiger charge is 2.18. The molecule has 4 heteroatoms. The summed E-state index contributed by atoms with van der Waals surface area (Å²) in [5.41, 5.74) is 2.43. The van der Waals surface area contributed by atoms with Gasteiger partial charge in [-0.25, -0.2) is 0 Å². The number of H-pyrrole nitrogens is 1. The number of hydrogen-bond acceptors (Lipinski definition) is 3. The first-order valence-corrected chi connectivity index (χ1v) is 4.38. The molecule has 13 heavy (non-hydrogen) atoms. The number of likely N-dealkylation sites (N-methyl/N-ethyl adjacent to an activating group) is 1. The van der Waals surface area contributed by atoms with Crippen molar-refractivity contribution < 1.29 is 4.74 Å². The predicted molar refractivity (Wildman–Crippen MR) is 49.0 cm³/mol. The zero-order valence-electron chi connectivity index (χ0n) is 7.58. The Labute approximate surface area is 77.0 Å². The fourth-order valence-electron chi connectivity index (χ4n) is 1.60. The first-order chi connectivity index (χ1) is 6.42. The fourth-order valence-corrected chi connectivity index (χ4v) is 1.60. The van der Waals surface area contributed by atoms with Crippen molar-refractivity contribution in [3.8, 4) is 0 Å². The van der Waals surface area contributed by atoms with E-state index in [2.05, 4.69) is 15.5 Å². The molecule has 0 bridgehead atoms. The van der Waals surface area contributed by atoms with E-state index in [4.69, 9.17) is 4.74 Å². The van der Waals surface area contributed by atoms with Gasteiger partial charge in [-0.3, -0.25) is 5.10 Å². The van der Waals surface area contributed by atoms with E-state index in [1.807, 2.05) is 25.7 Å². The average Bonchev–Trinajstić information content (AvgIpc) is 2.76. The van der Waals surface area contributed by atoms with Gasteiger partial charge in [0.25, 0.3) is 0 Å². The molecule has 0 spiro atoms. The lowest BCUT2D eigenvalue weighted by atomic mass is 10.0. The number of nitrogens with zero attached hydrogens (tertiary/aromatic N) is 1. The molecule has 0 saturated carbocycles. The van der Waals surface area contributed by atoms with Gasteiger partial charge >= 0.3 is 0 Å². The minimum Gasteiger partial charge on any atom is -0.501 e. The fraction of sp³-hybridized carbons (Fsp3) is 0.444. The molecule has 0 radical (unpaired) electrons. The molecule has 1 aliphatic heterocycles. The van der Waals surface area contributed by atoms with Crippen LogP contribution in [0.4, 0.5) is 0 Å². The molecule has 1 aliphatic rings. The van der Waals surface area contributed by atoms with Gasteiger partial charge in [0.15, 0.2) is 0 Å². The third kappa shape index (κ3) is 1.58. The summed E-state index contributed by atoms with van der Waals surface area (Å²) in [4.78, 5) is 0. The van der Waals surface area contributed by atoms with Crippen LogP contribution in [0.25, 0.3) is 0 Å². The lowest BCUT2D eigenvalue weighted by Gasteiger charge is -2.13. The molecule has 0 amide bonds. The molecule has 0 fully saturated rings. The molecule has 1 aromatic rings. The minimum absolute atomic E-state index is 0.237. The highest BCUT2D eigenvalue weighted by atomic mass is 16.5. The summed E-state index contributed by atoms with van der Waals surface area (Å²) in [6.45, 7) is 0.797. The summed E-state index contributed by atoms with van der Waals surface area (Å²) in [6.07, 6.45) is 6.57. The zero-order chi connectivity index (χ0) is 9.10. The van der Waals surface area contributed by atoms with Crippen molar-refractivity contribution >= 4 is 0 Å². The summed E-state index contributed by atoms with van der Waals surface area (Å²) in [7, 11) is 1.94. The number of aromatic amines is 1. The van der Waals surface area contributed by atoms with Crippen LogP contribution in [0.2, 0.25) is 0 Å². The third-order valence-corrected chi connectivity index (χ3v) is 2.26. The van der Waals surface area contributed by atoms with Crippen LogP contribution in [0.5, 0.6) is 0 Å². The molecule has 0 aliphatic carbocycles. The van der Waals surface area contributed by atoms with Crippen LogP contribution >= 0.6 is 0 Å². The van der Waals surface area contributed by atoms with E-state index in [0.29, 0.717) is 0 Å². The van der Waals surface area contributed by atoms with Crippen LogP contribution in [-0.4, -0.2) is 23.9 Å². The molecule has 0 aromatic carbocycles. The quantitative estimate of drug-likeness (QED) is 0.727. The van der Waals surface area contributed by atoms with E-state index in [0.717, 1.165) is 18.6 Å². The van der Waals surface area contributed by atoms with Crippen molar-refractivity contribution in [2.75, 3.05) is 13.7 Å². The highest BCUT2D eigenvalue weighted by Crippen LogP contribution is 2.25. The van der Waals surface area contributed by atoms with E-state index in [9.17, 15) is 0 Å². The summed E-state index contributed by atoms with van der Waals surface area (Å²) >= 11 is 0. The Morgan fingerprint density at radius 1 is 1.69 bits per heavy atom. The minimum atomic E-state index is 0.237. The van der Waals surface area contributed by atoms with Gasteiger partial charge in [0, 0.05) is 18.2 Å². The maximum absolute atomic E-state index is 5.21. The zero-order valence-corrected chi connectivity index (χ0v) is 7.58. The molecule has 1 atom stereocenters. The van der Waals surface area contributed by atoms with E-state index in [-0.39, 0.29) is 6.04 Å². The number of ether oxygens (including phenoxy) is 1. The van der Waals surface area contributed by atoms with Crippen molar-refractivity contribution in [1.82, 2.24) is 15.5 Å². The highest BCUT2D eigenvalue weighted by molar-refractivity contribution is 5.24. The van der Waals surface area contributed by atoms with Crippen LogP contribution in [-0.2, 0) is 4.74 Å². The summed E-state index contributed by atoms with van der Waals surface area (Å²) in [6, 6.07) is 0.237. The van der Waals surface area contributed by atoms with Crippen molar-refractivity contribution in [3.05, 3.63) is 29.8 Å². The molecule has 2 heterocycles. The van der Waals surface area contributed by atoms with Crippen LogP contribution in [0, 0.1) is 0 Å². The maximum atomic E-state index is 5.21.